The van der Waals surface area contributed by atoms with Crippen LogP contribution in [0.2, 0.25) is 5.02 Å². The molecule has 0 radical (unpaired) electrons. The number of aryl methyl sites for hydroxylation is 2. The highest BCUT2D eigenvalue weighted by molar-refractivity contribution is 6.33. The van der Waals surface area contributed by atoms with Gasteiger partial charge < -0.3 is 9.80 Å². The minimum absolute atomic E-state index is 0.0279. The molecule has 1 aliphatic rings. The van der Waals surface area contributed by atoms with Gasteiger partial charge in [-0.3, -0.25) is 9.59 Å². The van der Waals surface area contributed by atoms with Crippen molar-refractivity contribution in [2.24, 2.45) is 0 Å². The number of nitrogens with zero attached hydrogens (tertiary/aromatic N) is 2. The molecule has 0 atom stereocenters. The maximum Gasteiger partial charge on any atom is 0.255 e. The van der Waals surface area contributed by atoms with E-state index in [0.717, 1.165) is 12.0 Å². The standard InChI is InChI=1S/C21H23ClN2O2/c1-15-8-9-17(14-16(15)2)20(25)23-10-5-11-24(13-12-23)21(26)18-6-3-4-7-19(18)22/h3-4,6-9,14H,5,10-13H2,1-2H3. The summed E-state index contributed by atoms with van der Waals surface area (Å²) in [5.41, 5.74) is 3.51. The van der Waals surface area contributed by atoms with Gasteiger partial charge in [-0.2, -0.15) is 0 Å². The zero-order valence-corrected chi connectivity index (χ0v) is 15.9. The van der Waals surface area contributed by atoms with E-state index in [4.69, 9.17) is 11.6 Å². The second-order valence-corrected chi connectivity index (χ2v) is 7.12. The molecule has 0 saturated carbocycles. The Hall–Kier alpha value is -2.33. The van der Waals surface area contributed by atoms with Crippen LogP contribution in [0.15, 0.2) is 42.5 Å². The van der Waals surface area contributed by atoms with Crippen molar-refractivity contribution in [2.75, 3.05) is 26.2 Å². The molecule has 0 spiro atoms. The maximum atomic E-state index is 12.8. The van der Waals surface area contributed by atoms with Crippen molar-refractivity contribution in [2.45, 2.75) is 20.3 Å². The number of benzene rings is 2. The van der Waals surface area contributed by atoms with Crippen molar-refractivity contribution in [3.63, 3.8) is 0 Å². The molecule has 4 nitrogen and oxygen atoms in total. The molecule has 0 bridgehead atoms. The topological polar surface area (TPSA) is 40.6 Å². The van der Waals surface area contributed by atoms with Crippen molar-refractivity contribution in [3.05, 3.63) is 69.7 Å². The highest BCUT2D eigenvalue weighted by Gasteiger charge is 2.24. The number of hydrogen-bond donors (Lipinski definition) is 0. The lowest BCUT2D eigenvalue weighted by Gasteiger charge is -2.23. The van der Waals surface area contributed by atoms with E-state index in [1.165, 1.54) is 5.56 Å². The van der Waals surface area contributed by atoms with Crippen LogP contribution in [-0.4, -0.2) is 47.8 Å². The third-order valence-corrected chi connectivity index (χ3v) is 5.26. The molecule has 3 rings (SSSR count). The summed E-state index contributed by atoms with van der Waals surface area (Å²) in [7, 11) is 0. The third kappa shape index (κ3) is 3.91. The molecular formula is C21H23ClN2O2. The second kappa shape index (κ2) is 7.92. The minimum Gasteiger partial charge on any atom is -0.337 e. The number of carbonyl (C=O) groups is 2. The molecule has 2 amide bonds. The Bertz CT molecular complexity index is 835. The van der Waals surface area contributed by atoms with Crippen LogP contribution in [0.4, 0.5) is 0 Å². The first-order chi connectivity index (χ1) is 12.5. The van der Waals surface area contributed by atoms with Gasteiger partial charge in [-0.15, -0.1) is 0 Å². The monoisotopic (exact) mass is 370 g/mol. The summed E-state index contributed by atoms with van der Waals surface area (Å²) in [6.45, 7) is 6.37. The molecule has 0 aliphatic carbocycles. The van der Waals surface area contributed by atoms with Crippen LogP contribution < -0.4 is 0 Å². The van der Waals surface area contributed by atoms with Gasteiger partial charge in [-0.1, -0.05) is 29.8 Å². The number of halogens is 1. The molecule has 0 aromatic heterocycles. The summed E-state index contributed by atoms with van der Waals surface area (Å²) in [5.74, 6) is -0.0452. The van der Waals surface area contributed by atoms with Crippen molar-refractivity contribution in [3.8, 4) is 0 Å². The van der Waals surface area contributed by atoms with Gasteiger partial charge in [0, 0.05) is 31.7 Å². The van der Waals surface area contributed by atoms with E-state index in [2.05, 4.69) is 0 Å². The van der Waals surface area contributed by atoms with Crippen LogP contribution >= 0.6 is 11.6 Å². The van der Waals surface area contributed by atoms with Crippen molar-refractivity contribution >= 4 is 23.4 Å². The minimum atomic E-state index is -0.0731. The number of carbonyl (C=O) groups excluding carboxylic acids is 2. The predicted octanol–water partition coefficient (Wildman–Crippen LogP) is 3.95. The molecule has 2 aromatic rings. The first-order valence-electron chi connectivity index (χ1n) is 8.87. The Morgan fingerprint density at radius 1 is 0.846 bits per heavy atom. The lowest BCUT2D eigenvalue weighted by Crippen LogP contribution is -2.37. The van der Waals surface area contributed by atoms with Crippen LogP contribution in [-0.2, 0) is 0 Å². The molecule has 0 N–H and O–H groups in total. The van der Waals surface area contributed by atoms with Crippen LogP contribution in [0.25, 0.3) is 0 Å². The summed E-state index contributed by atoms with van der Waals surface area (Å²) in [4.78, 5) is 29.2. The van der Waals surface area contributed by atoms with Crippen LogP contribution in [0, 0.1) is 13.8 Å². The molecule has 136 valence electrons. The van der Waals surface area contributed by atoms with E-state index < -0.39 is 0 Å². The van der Waals surface area contributed by atoms with Crippen molar-refractivity contribution in [1.29, 1.82) is 0 Å². The SMILES string of the molecule is Cc1ccc(C(=O)N2CCCN(C(=O)c3ccccc3Cl)CC2)cc1C. The average Bonchev–Trinajstić information content (AvgIpc) is 2.89. The Morgan fingerprint density at radius 3 is 2.15 bits per heavy atom. The van der Waals surface area contributed by atoms with Gasteiger partial charge in [0.2, 0.25) is 0 Å². The zero-order chi connectivity index (χ0) is 18.7. The van der Waals surface area contributed by atoms with Crippen LogP contribution in [0.3, 0.4) is 0 Å². The van der Waals surface area contributed by atoms with Gasteiger partial charge in [0.1, 0.15) is 0 Å². The highest BCUT2D eigenvalue weighted by atomic mass is 35.5. The van der Waals surface area contributed by atoms with E-state index in [9.17, 15) is 9.59 Å². The first-order valence-corrected chi connectivity index (χ1v) is 9.25. The van der Waals surface area contributed by atoms with Gasteiger partial charge in [-0.25, -0.2) is 0 Å². The summed E-state index contributed by atoms with van der Waals surface area (Å²) in [6, 6.07) is 12.9. The Morgan fingerprint density at radius 2 is 1.50 bits per heavy atom. The molecule has 1 saturated heterocycles. The molecular weight excluding hydrogens is 348 g/mol. The van der Waals surface area contributed by atoms with Crippen molar-refractivity contribution in [1.82, 2.24) is 9.80 Å². The van der Waals surface area contributed by atoms with Gasteiger partial charge in [0.15, 0.2) is 0 Å². The van der Waals surface area contributed by atoms with E-state index in [-0.39, 0.29) is 11.8 Å². The maximum absolute atomic E-state index is 12.8. The third-order valence-electron chi connectivity index (χ3n) is 4.93. The predicted molar refractivity (Wildman–Crippen MR) is 104 cm³/mol. The summed E-state index contributed by atoms with van der Waals surface area (Å²) >= 11 is 6.15. The molecule has 2 aromatic carbocycles. The van der Waals surface area contributed by atoms with Crippen LogP contribution in [0.5, 0.6) is 0 Å². The molecule has 0 unspecified atom stereocenters. The molecule has 1 aliphatic heterocycles. The zero-order valence-electron chi connectivity index (χ0n) is 15.2. The fourth-order valence-electron chi connectivity index (χ4n) is 3.19. The molecule has 1 heterocycles. The highest BCUT2D eigenvalue weighted by Crippen LogP contribution is 2.19. The van der Waals surface area contributed by atoms with Gasteiger partial charge in [0.25, 0.3) is 11.8 Å². The number of amides is 2. The van der Waals surface area contributed by atoms with Gasteiger partial charge >= 0.3 is 0 Å². The fourth-order valence-corrected chi connectivity index (χ4v) is 3.40. The smallest absolute Gasteiger partial charge is 0.255 e. The summed E-state index contributed by atoms with van der Waals surface area (Å²) in [5, 5.41) is 0.463. The van der Waals surface area contributed by atoms with Crippen molar-refractivity contribution < 1.29 is 9.59 Å². The van der Waals surface area contributed by atoms with Gasteiger partial charge in [-0.05, 0) is 55.7 Å². The first kappa shape index (κ1) is 18.5. The largest absolute Gasteiger partial charge is 0.337 e. The molecule has 26 heavy (non-hydrogen) atoms. The summed E-state index contributed by atoms with van der Waals surface area (Å²) < 4.78 is 0. The summed E-state index contributed by atoms with van der Waals surface area (Å²) in [6.07, 6.45) is 0.757. The fraction of sp³-hybridized carbons (Fsp3) is 0.333. The average molecular weight is 371 g/mol. The lowest BCUT2D eigenvalue weighted by molar-refractivity contribution is 0.0719. The van der Waals surface area contributed by atoms with E-state index in [0.29, 0.717) is 42.3 Å². The Labute approximate surface area is 159 Å². The molecule has 5 heteroatoms. The van der Waals surface area contributed by atoms with Gasteiger partial charge in [0.05, 0.1) is 10.6 Å². The van der Waals surface area contributed by atoms with E-state index >= 15 is 0 Å². The number of rotatable bonds is 2. The Balaban J connectivity index is 1.70. The molecule has 1 fully saturated rings. The Kier molecular flexibility index (Phi) is 5.62. The second-order valence-electron chi connectivity index (χ2n) is 6.72. The van der Waals surface area contributed by atoms with Crippen LogP contribution in [0.1, 0.15) is 38.3 Å². The van der Waals surface area contributed by atoms with E-state index in [1.54, 1.807) is 17.0 Å². The lowest BCUT2D eigenvalue weighted by atomic mass is 10.1. The normalized spacial score (nSPS) is 14.9. The van der Waals surface area contributed by atoms with E-state index in [1.807, 2.05) is 49.1 Å². The number of hydrogen-bond acceptors (Lipinski definition) is 2. The quantitative estimate of drug-likeness (QED) is 0.803.